The van der Waals surface area contributed by atoms with Crippen molar-refractivity contribution in [2.45, 2.75) is 12.5 Å². The van der Waals surface area contributed by atoms with Crippen LogP contribution in [0.2, 0.25) is 0 Å². The molecule has 0 saturated carbocycles. The molecule has 0 saturated heterocycles. The number of nitrogens with zero attached hydrogens (tertiary/aromatic N) is 2. The molecule has 158 valence electrons. The van der Waals surface area contributed by atoms with Crippen molar-refractivity contribution in [3.05, 3.63) is 97.3 Å². The molecular formula is C24H15Br2N3O3. The topological polar surface area (TPSA) is 112 Å². The van der Waals surface area contributed by atoms with Gasteiger partial charge in [-0.2, -0.15) is 10.5 Å². The van der Waals surface area contributed by atoms with E-state index in [1.54, 1.807) is 24.3 Å². The van der Waals surface area contributed by atoms with Crippen LogP contribution in [0, 0.1) is 22.7 Å². The Hall–Kier alpha value is -3.46. The fraction of sp³-hybridized carbons (Fsp3) is 0.0833. The highest BCUT2D eigenvalue weighted by atomic mass is 79.9. The first-order valence-electron chi connectivity index (χ1n) is 9.43. The number of phenols is 1. The summed E-state index contributed by atoms with van der Waals surface area (Å²) in [6.45, 7) is 0.218. The molecule has 0 radical (unpaired) electrons. The molecule has 0 bridgehead atoms. The van der Waals surface area contributed by atoms with Crippen molar-refractivity contribution in [1.29, 1.82) is 10.5 Å². The number of aromatic hydroxyl groups is 1. The summed E-state index contributed by atoms with van der Waals surface area (Å²) in [4.78, 5) is 0. The lowest BCUT2D eigenvalue weighted by atomic mass is 9.83. The van der Waals surface area contributed by atoms with Crippen molar-refractivity contribution < 1.29 is 14.6 Å². The second kappa shape index (κ2) is 8.96. The van der Waals surface area contributed by atoms with Crippen molar-refractivity contribution in [3.8, 4) is 29.4 Å². The largest absolute Gasteiger partial charge is 0.508 e. The number of ether oxygens (including phenoxy) is 2. The monoisotopic (exact) mass is 551 g/mol. The standard InChI is InChI=1S/C24H15Br2N3O3/c25-19-7-15(8-20(26)23(19)31-12-14-4-2-1-3-13(14)10-27)22-17-6-5-16(30)9-21(17)32-24(29)18(22)11-28/h1-9,22,30H,12,29H2/t22-/m1/s1. The molecule has 0 amide bonds. The number of fused-ring (bicyclic) bond motifs is 1. The summed E-state index contributed by atoms with van der Waals surface area (Å²) >= 11 is 7.12. The van der Waals surface area contributed by atoms with Gasteiger partial charge in [-0.05, 0) is 61.7 Å². The van der Waals surface area contributed by atoms with Gasteiger partial charge >= 0.3 is 0 Å². The zero-order valence-corrected chi connectivity index (χ0v) is 19.6. The van der Waals surface area contributed by atoms with Crippen LogP contribution in [0.1, 0.15) is 28.2 Å². The molecule has 3 aromatic rings. The summed E-state index contributed by atoms with van der Waals surface area (Å²) < 4.78 is 12.9. The molecule has 4 rings (SSSR count). The predicted molar refractivity (Wildman–Crippen MR) is 125 cm³/mol. The molecule has 1 aliphatic heterocycles. The third-order valence-electron chi connectivity index (χ3n) is 5.07. The Morgan fingerprint density at radius 3 is 2.44 bits per heavy atom. The van der Waals surface area contributed by atoms with Crippen LogP contribution in [0.5, 0.6) is 17.2 Å². The van der Waals surface area contributed by atoms with Gasteiger partial charge in [-0.15, -0.1) is 0 Å². The van der Waals surface area contributed by atoms with E-state index in [9.17, 15) is 15.6 Å². The average molecular weight is 553 g/mol. The lowest BCUT2D eigenvalue weighted by molar-refractivity contribution is 0.302. The average Bonchev–Trinajstić information content (AvgIpc) is 2.77. The lowest BCUT2D eigenvalue weighted by Crippen LogP contribution is -2.21. The van der Waals surface area contributed by atoms with Crippen LogP contribution in [0.25, 0.3) is 0 Å². The first kappa shape index (κ1) is 21.8. The van der Waals surface area contributed by atoms with Crippen molar-refractivity contribution >= 4 is 31.9 Å². The maximum absolute atomic E-state index is 9.82. The highest BCUT2D eigenvalue weighted by molar-refractivity contribution is 9.11. The number of nitrogens with two attached hydrogens (primary N) is 1. The van der Waals surface area contributed by atoms with Gasteiger partial charge in [-0.25, -0.2) is 0 Å². The summed E-state index contributed by atoms with van der Waals surface area (Å²) in [5.74, 6) is 0.517. The molecule has 0 spiro atoms. The van der Waals surface area contributed by atoms with Gasteiger partial charge in [0.25, 0.3) is 0 Å². The highest BCUT2D eigenvalue weighted by Crippen LogP contribution is 2.46. The minimum Gasteiger partial charge on any atom is -0.508 e. The molecule has 3 aromatic carbocycles. The Morgan fingerprint density at radius 1 is 1.03 bits per heavy atom. The summed E-state index contributed by atoms with van der Waals surface area (Å²) in [7, 11) is 0. The van der Waals surface area contributed by atoms with Crippen LogP contribution in [0.3, 0.4) is 0 Å². The maximum Gasteiger partial charge on any atom is 0.205 e. The van der Waals surface area contributed by atoms with E-state index < -0.39 is 5.92 Å². The van der Waals surface area contributed by atoms with Gasteiger partial charge in [0, 0.05) is 17.2 Å². The van der Waals surface area contributed by atoms with Gasteiger partial charge < -0.3 is 20.3 Å². The lowest BCUT2D eigenvalue weighted by Gasteiger charge is -2.27. The zero-order valence-electron chi connectivity index (χ0n) is 16.5. The van der Waals surface area contributed by atoms with E-state index in [4.69, 9.17) is 15.2 Å². The smallest absolute Gasteiger partial charge is 0.205 e. The molecular weight excluding hydrogens is 538 g/mol. The molecule has 0 aromatic heterocycles. The minimum absolute atomic E-state index is 0.00344. The Labute approximate surface area is 201 Å². The van der Waals surface area contributed by atoms with Crippen molar-refractivity contribution in [3.63, 3.8) is 0 Å². The Morgan fingerprint density at radius 2 is 1.75 bits per heavy atom. The maximum atomic E-state index is 9.82. The molecule has 1 heterocycles. The third-order valence-corrected chi connectivity index (χ3v) is 6.24. The molecule has 8 heteroatoms. The number of halogens is 2. The van der Waals surface area contributed by atoms with E-state index in [0.29, 0.717) is 31.6 Å². The Kier molecular flexibility index (Phi) is 6.09. The van der Waals surface area contributed by atoms with Crippen molar-refractivity contribution in [2.24, 2.45) is 5.73 Å². The van der Waals surface area contributed by atoms with Gasteiger partial charge in [0.2, 0.25) is 5.88 Å². The Bertz CT molecular complexity index is 1320. The van der Waals surface area contributed by atoms with Gasteiger partial charge in [0.05, 0.1) is 26.5 Å². The Balaban J connectivity index is 1.72. The van der Waals surface area contributed by atoms with E-state index in [2.05, 4.69) is 44.0 Å². The first-order valence-corrected chi connectivity index (χ1v) is 11.0. The zero-order chi connectivity index (χ0) is 22.8. The minimum atomic E-state index is -0.481. The van der Waals surface area contributed by atoms with Crippen molar-refractivity contribution in [2.75, 3.05) is 0 Å². The van der Waals surface area contributed by atoms with Crippen LogP contribution in [0.15, 0.2) is 75.0 Å². The van der Waals surface area contributed by atoms with Gasteiger partial charge in [-0.3, -0.25) is 0 Å². The molecule has 0 fully saturated rings. The molecule has 0 unspecified atom stereocenters. The molecule has 6 nitrogen and oxygen atoms in total. The van der Waals surface area contributed by atoms with Gasteiger partial charge in [0.1, 0.15) is 35.5 Å². The molecule has 3 N–H and O–H groups in total. The molecule has 32 heavy (non-hydrogen) atoms. The number of nitriles is 2. The van der Waals surface area contributed by atoms with E-state index in [0.717, 1.165) is 11.1 Å². The van der Waals surface area contributed by atoms with Crippen LogP contribution in [0.4, 0.5) is 0 Å². The van der Waals surface area contributed by atoms with E-state index in [1.165, 1.54) is 6.07 Å². The number of allylic oxidation sites excluding steroid dienone is 1. The van der Waals surface area contributed by atoms with E-state index in [1.807, 2.05) is 24.3 Å². The number of hydrogen-bond donors (Lipinski definition) is 2. The molecule has 1 aliphatic rings. The third kappa shape index (κ3) is 4.03. The number of phenolic OH excluding ortho intramolecular Hbond substituents is 1. The normalized spacial score (nSPS) is 14.7. The first-order chi connectivity index (χ1) is 15.4. The van der Waals surface area contributed by atoms with Gasteiger partial charge in [0.15, 0.2) is 0 Å². The van der Waals surface area contributed by atoms with Crippen molar-refractivity contribution in [1.82, 2.24) is 0 Å². The number of rotatable bonds is 4. The number of benzene rings is 3. The van der Waals surface area contributed by atoms with Gasteiger partial charge in [-0.1, -0.05) is 24.3 Å². The summed E-state index contributed by atoms with van der Waals surface area (Å²) in [6.07, 6.45) is 0. The number of hydrogen-bond acceptors (Lipinski definition) is 6. The SMILES string of the molecule is N#CC1=C(N)Oc2cc(O)ccc2[C@H]1c1cc(Br)c(OCc2ccccc2C#N)c(Br)c1. The fourth-order valence-electron chi connectivity index (χ4n) is 3.58. The summed E-state index contributed by atoms with van der Waals surface area (Å²) in [6, 6.07) is 20.0. The fourth-order valence-corrected chi connectivity index (χ4v) is 5.03. The van der Waals surface area contributed by atoms with Crippen LogP contribution in [-0.2, 0) is 6.61 Å². The van der Waals surface area contributed by atoms with Crippen LogP contribution < -0.4 is 15.2 Å². The second-order valence-corrected chi connectivity index (χ2v) is 8.73. The quantitative estimate of drug-likeness (QED) is 0.436. The van der Waals surface area contributed by atoms with Crippen LogP contribution >= 0.6 is 31.9 Å². The van der Waals surface area contributed by atoms with E-state index in [-0.39, 0.29) is 23.8 Å². The molecule has 0 aliphatic carbocycles. The summed E-state index contributed by atoms with van der Waals surface area (Å²) in [5.41, 5.74) is 9.11. The molecule has 1 atom stereocenters. The highest BCUT2D eigenvalue weighted by Gasteiger charge is 2.31. The summed E-state index contributed by atoms with van der Waals surface area (Å²) in [5, 5.41) is 28.8. The predicted octanol–water partition coefficient (Wildman–Crippen LogP) is 5.59. The second-order valence-electron chi connectivity index (χ2n) is 7.02. The van der Waals surface area contributed by atoms with E-state index >= 15 is 0 Å². The van der Waals surface area contributed by atoms with Crippen LogP contribution in [-0.4, -0.2) is 5.11 Å².